The van der Waals surface area contributed by atoms with Gasteiger partial charge in [-0.1, -0.05) is 23.2 Å². The summed E-state index contributed by atoms with van der Waals surface area (Å²) in [6.07, 6.45) is 4.19. The highest BCUT2D eigenvalue weighted by atomic mass is 35.5. The molecule has 0 atom stereocenters. The van der Waals surface area contributed by atoms with E-state index in [0.717, 1.165) is 16.7 Å². The SMILES string of the molecule is COc1cc2c(cc1-c1cncc(C(N)=O)c1)-c1c(c(C(=O)N3CCN(C)C(=O)C3(C)C)nn1-c1cc(Cl)cc(Cl)c1)CC2. The average Bonchev–Trinajstić information content (AvgIpc) is 3.39. The number of hydrogen-bond acceptors (Lipinski definition) is 6. The summed E-state index contributed by atoms with van der Waals surface area (Å²) in [6, 6.07) is 10.7. The molecule has 0 radical (unpaired) electrons. The number of hydrogen-bond donors (Lipinski definition) is 1. The monoisotopic (exact) mass is 632 g/mol. The number of fused-ring (bicyclic) bond motifs is 3. The molecule has 2 N–H and O–H groups in total. The zero-order valence-electron chi connectivity index (χ0n) is 24.6. The molecule has 1 aliphatic carbocycles. The van der Waals surface area contributed by atoms with Crippen LogP contribution < -0.4 is 10.5 Å². The van der Waals surface area contributed by atoms with Crippen molar-refractivity contribution in [3.05, 3.63) is 81.2 Å². The Hall–Kier alpha value is -4.41. The highest BCUT2D eigenvalue weighted by Crippen LogP contribution is 2.44. The lowest BCUT2D eigenvalue weighted by molar-refractivity contribution is -0.144. The Balaban J connectivity index is 1.58. The summed E-state index contributed by atoms with van der Waals surface area (Å²) in [7, 11) is 3.32. The van der Waals surface area contributed by atoms with Crippen LogP contribution in [0.4, 0.5) is 0 Å². The van der Waals surface area contributed by atoms with Crippen molar-refractivity contribution < 1.29 is 19.1 Å². The number of pyridine rings is 1. The Morgan fingerprint density at radius 2 is 1.70 bits per heavy atom. The molecule has 12 heteroatoms. The average molecular weight is 634 g/mol. The molecular weight excluding hydrogens is 603 g/mol. The van der Waals surface area contributed by atoms with Crippen LogP contribution in [0.15, 0.2) is 48.8 Å². The van der Waals surface area contributed by atoms with Crippen LogP contribution in [0.2, 0.25) is 10.0 Å². The van der Waals surface area contributed by atoms with Crippen LogP contribution in [0.25, 0.3) is 28.1 Å². The molecule has 1 saturated heterocycles. The van der Waals surface area contributed by atoms with Gasteiger partial charge in [-0.05, 0) is 68.7 Å². The van der Waals surface area contributed by atoms with Crippen LogP contribution in [0, 0.1) is 0 Å². The molecule has 1 aliphatic heterocycles. The molecule has 10 nitrogen and oxygen atoms in total. The third kappa shape index (κ3) is 4.88. The molecule has 0 spiro atoms. The van der Waals surface area contributed by atoms with Crippen molar-refractivity contribution in [1.29, 1.82) is 0 Å². The second kappa shape index (κ2) is 10.9. The summed E-state index contributed by atoms with van der Waals surface area (Å²) in [5.41, 5.74) is 10.2. The van der Waals surface area contributed by atoms with Crippen molar-refractivity contribution in [3.8, 4) is 33.8 Å². The van der Waals surface area contributed by atoms with Gasteiger partial charge in [-0.3, -0.25) is 19.4 Å². The summed E-state index contributed by atoms with van der Waals surface area (Å²) in [4.78, 5) is 46.7. The van der Waals surface area contributed by atoms with Gasteiger partial charge >= 0.3 is 0 Å². The van der Waals surface area contributed by atoms with E-state index in [1.165, 1.54) is 6.20 Å². The van der Waals surface area contributed by atoms with Gasteiger partial charge in [0, 0.05) is 64.8 Å². The highest BCUT2D eigenvalue weighted by Gasteiger charge is 2.45. The molecule has 0 bridgehead atoms. The molecule has 2 aromatic heterocycles. The van der Waals surface area contributed by atoms with E-state index in [0.29, 0.717) is 64.2 Å². The van der Waals surface area contributed by atoms with Crippen LogP contribution in [0.5, 0.6) is 5.75 Å². The molecule has 226 valence electrons. The maximum Gasteiger partial charge on any atom is 0.275 e. The van der Waals surface area contributed by atoms with E-state index >= 15 is 0 Å². The van der Waals surface area contributed by atoms with Crippen LogP contribution in [0.3, 0.4) is 0 Å². The summed E-state index contributed by atoms with van der Waals surface area (Å²) in [5, 5.41) is 5.72. The third-order valence-corrected chi connectivity index (χ3v) is 8.82. The number of carbonyl (C=O) groups excluding carboxylic acids is 3. The normalized spacial score (nSPS) is 15.5. The molecule has 0 unspecified atom stereocenters. The van der Waals surface area contributed by atoms with Crippen molar-refractivity contribution >= 4 is 40.9 Å². The van der Waals surface area contributed by atoms with Crippen LogP contribution >= 0.6 is 23.2 Å². The van der Waals surface area contributed by atoms with Gasteiger partial charge in [0.1, 0.15) is 11.3 Å². The molecule has 0 saturated carbocycles. The lowest BCUT2D eigenvalue weighted by Crippen LogP contribution is -2.63. The fourth-order valence-corrected chi connectivity index (χ4v) is 6.62. The van der Waals surface area contributed by atoms with Crippen LogP contribution in [-0.4, -0.2) is 75.1 Å². The zero-order chi connectivity index (χ0) is 31.5. The quantitative estimate of drug-likeness (QED) is 0.337. The third-order valence-electron chi connectivity index (χ3n) is 8.39. The van der Waals surface area contributed by atoms with E-state index in [4.69, 9.17) is 38.8 Å². The van der Waals surface area contributed by atoms with E-state index in [-0.39, 0.29) is 23.1 Å². The Labute approximate surface area is 264 Å². The Morgan fingerprint density at radius 1 is 0.977 bits per heavy atom. The van der Waals surface area contributed by atoms with Gasteiger partial charge in [-0.15, -0.1) is 0 Å². The van der Waals surface area contributed by atoms with Gasteiger partial charge in [0.05, 0.1) is 24.1 Å². The van der Waals surface area contributed by atoms with Gasteiger partial charge in [-0.2, -0.15) is 5.10 Å². The molecule has 2 aliphatic rings. The number of aromatic nitrogens is 3. The molecule has 44 heavy (non-hydrogen) atoms. The second-order valence-electron chi connectivity index (χ2n) is 11.5. The number of piperazine rings is 1. The van der Waals surface area contributed by atoms with E-state index in [9.17, 15) is 14.4 Å². The number of aryl methyl sites for hydroxylation is 1. The first kappa shape index (κ1) is 29.7. The number of ether oxygens (including phenoxy) is 1. The maximum atomic E-state index is 14.3. The number of methoxy groups -OCH3 is 1. The number of nitrogens with two attached hydrogens (primary N) is 1. The topological polar surface area (TPSA) is 124 Å². The maximum absolute atomic E-state index is 14.3. The first-order chi connectivity index (χ1) is 20.9. The van der Waals surface area contributed by atoms with E-state index in [1.807, 2.05) is 12.1 Å². The Kier molecular flexibility index (Phi) is 7.37. The fourth-order valence-electron chi connectivity index (χ4n) is 6.11. The predicted molar refractivity (Wildman–Crippen MR) is 167 cm³/mol. The van der Waals surface area contributed by atoms with Crippen molar-refractivity contribution in [2.24, 2.45) is 5.73 Å². The van der Waals surface area contributed by atoms with Gasteiger partial charge in [0.15, 0.2) is 5.69 Å². The van der Waals surface area contributed by atoms with Crippen molar-refractivity contribution in [3.63, 3.8) is 0 Å². The standard InChI is InChI=1S/C32H30Cl2N6O4/c1-32(2)31(43)38(3)7-8-39(32)30(42)27-23-6-5-17-10-26(44-4)24(18-9-19(29(35)41)16-36-15-18)14-25(17)28(23)40(37-27)22-12-20(33)11-21(34)13-22/h9-16H,5-8H2,1-4H3,(H2,35,41). The molecular formula is C32H30Cl2N6O4. The van der Waals surface area contributed by atoms with Gasteiger partial charge in [0.2, 0.25) is 11.8 Å². The predicted octanol–water partition coefficient (Wildman–Crippen LogP) is 4.81. The number of benzene rings is 2. The first-order valence-electron chi connectivity index (χ1n) is 14.0. The Bertz CT molecular complexity index is 1850. The minimum atomic E-state index is -1.05. The second-order valence-corrected chi connectivity index (χ2v) is 12.4. The summed E-state index contributed by atoms with van der Waals surface area (Å²) < 4.78 is 7.46. The first-order valence-corrected chi connectivity index (χ1v) is 14.8. The Morgan fingerprint density at radius 3 is 2.39 bits per heavy atom. The number of halogens is 2. The van der Waals surface area contributed by atoms with E-state index < -0.39 is 11.4 Å². The highest BCUT2D eigenvalue weighted by molar-refractivity contribution is 6.34. The molecule has 2 aromatic carbocycles. The van der Waals surface area contributed by atoms with E-state index in [2.05, 4.69) is 4.98 Å². The molecule has 3 amide bonds. The summed E-state index contributed by atoms with van der Waals surface area (Å²) >= 11 is 12.8. The lowest BCUT2D eigenvalue weighted by Gasteiger charge is -2.44. The molecule has 1 fully saturated rings. The molecule has 6 rings (SSSR count). The van der Waals surface area contributed by atoms with Crippen molar-refractivity contribution in [2.45, 2.75) is 32.2 Å². The smallest absolute Gasteiger partial charge is 0.275 e. The number of amides is 3. The number of primary amides is 1. The van der Waals surface area contributed by atoms with E-state index in [1.54, 1.807) is 72.9 Å². The summed E-state index contributed by atoms with van der Waals surface area (Å²) in [6.45, 7) is 4.31. The largest absolute Gasteiger partial charge is 0.496 e. The van der Waals surface area contributed by atoms with Crippen molar-refractivity contribution in [1.82, 2.24) is 24.6 Å². The zero-order valence-corrected chi connectivity index (χ0v) is 26.2. The minimum Gasteiger partial charge on any atom is -0.496 e. The van der Waals surface area contributed by atoms with Gasteiger partial charge < -0.3 is 20.3 Å². The minimum absolute atomic E-state index is 0.138. The van der Waals surface area contributed by atoms with Gasteiger partial charge in [-0.25, -0.2) is 4.68 Å². The lowest BCUT2D eigenvalue weighted by atomic mass is 9.85. The number of rotatable bonds is 5. The van der Waals surface area contributed by atoms with Crippen molar-refractivity contribution in [2.75, 3.05) is 27.2 Å². The van der Waals surface area contributed by atoms with Crippen LogP contribution in [0.1, 0.15) is 45.8 Å². The molecule has 3 heterocycles. The fraction of sp³-hybridized carbons (Fsp3) is 0.281. The number of likely N-dealkylation sites (N-methyl/N-ethyl adjacent to an activating group) is 1. The van der Waals surface area contributed by atoms with Crippen LogP contribution in [-0.2, 0) is 17.6 Å². The number of nitrogens with zero attached hydrogens (tertiary/aromatic N) is 5. The number of carbonyl (C=O) groups is 3. The van der Waals surface area contributed by atoms with Gasteiger partial charge in [0.25, 0.3) is 5.91 Å². The summed E-state index contributed by atoms with van der Waals surface area (Å²) in [5.74, 6) is -0.458. The molecule has 4 aromatic rings.